The van der Waals surface area contributed by atoms with Crippen LogP contribution < -0.4 is 10.1 Å². The highest BCUT2D eigenvalue weighted by Gasteiger charge is 2.10. The van der Waals surface area contributed by atoms with Crippen molar-refractivity contribution in [2.24, 2.45) is 0 Å². The van der Waals surface area contributed by atoms with Crippen LogP contribution in [0.3, 0.4) is 0 Å². The quantitative estimate of drug-likeness (QED) is 0.628. The van der Waals surface area contributed by atoms with Crippen LogP contribution in [0.4, 0.5) is 0 Å². The van der Waals surface area contributed by atoms with Gasteiger partial charge in [-0.25, -0.2) is 0 Å². The van der Waals surface area contributed by atoms with Crippen molar-refractivity contribution in [1.82, 2.24) is 10.2 Å². The molecule has 2 aromatic rings. The molecular weight excluding hydrogens is 416 g/mol. The van der Waals surface area contributed by atoms with Gasteiger partial charge in [0, 0.05) is 47.8 Å². The van der Waals surface area contributed by atoms with E-state index in [2.05, 4.69) is 32.2 Å². The highest BCUT2D eigenvalue weighted by Crippen LogP contribution is 2.24. The maximum absolute atomic E-state index is 6.03. The van der Waals surface area contributed by atoms with Gasteiger partial charge in [0.05, 0.1) is 13.2 Å². The van der Waals surface area contributed by atoms with Crippen molar-refractivity contribution in [2.45, 2.75) is 13.2 Å². The summed E-state index contributed by atoms with van der Waals surface area (Å²) in [6.45, 7) is 7.02. The van der Waals surface area contributed by atoms with Crippen molar-refractivity contribution in [3.63, 3.8) is 0 Å². The van der Waals surface area contributed by atoms with Crippen LogP contribution in [0, 0.1) is 0 Å². The van der Waals surface area contributed by atoms with Crippen molar-refractivity contribution in [1.29, 1.82) is 0 Å². The lowest BCUT2D eigenvalue weighted by molar-refractivity contribution is 0.0384. The molecule has 1 aliphatic heterocycles. The predicted octanol–water partition coefficient (Wildman–Crippen LogP) is 4.10. The van der Waals surface area contributed by atoms with Gasteiger partial charge < -0.3 is 14.8 Å². The summed E-state index contributed by atoms with van der Waals surface area (Å²) < 4.78 is 12.5. The molecule has 0 spiro atoms. The maximum Gasteiger partial charge on any atom is 0.124 e. The van der Waals surface area contributed by atoms with Crippen LogP contribution in [0.2, 0.25) is 5.02 Å². The molecule has 0 amide bonds. The monoisotopic (exact) mass is 438 g/mol. The van der Waals surface area contributed by atoms with E-state index in [0.717, 1.165) is 72.3 Å². The molecule has 0 aromatic heterocycles. The molecule has 1 saturated heterocycles. The van der Waals surface area contributed by atoms with Gasteiger partial charge in [-0.3, -0.25) is 4.90 Å². The number of hydrogen-bond acceptors (Lipinski definition) is 4. The summed E-state index contributed by atoms with van der Waals surface area (Å²) in [5.74, 6) is 0.905. The minimum Gasteiger partial charge on any atom is -0.489 e. The van der Waals surface area contributed by atoms with Gasteiger partial charge in [-0.15, -0.1) is 0 Å². The van der Waals surface area contributed by atoms with E-state index in [1.54, 1.807) is 0 Å². The largest absolute Gasteiger partial charge is 0.489 e. The highest BCUT2D eigenvalue weighted by atomic mass is 79.9. The first-order valence-electron chi connectivity index (χ1n) is 8.87. The summed E-state index contributed by atoms with van der Waals surface area (Å²) in [5, 5.41) is 4.26. The second-order valence-corrected chi connectivity index (χ2v) is 7.65. The Hall–Kier alpha value is -1.11. The van der Waals surface area contributed by atoms with Crippen LogP contribution in [0.5, 0.6) is 5.75 Å². The van der Waals surface area contributed by atoms with Crippen molar-refractivity contribution < 1.29 is 9.47 Å². The Kier molecular flexibility index (Phi) is 7.77. The van der Waals surface area contributed by atoms with Crippen LogP contribution in [0.1, 0.15) is 11.1 Å². The molecule has 0 saturated carbocycles. The van der Waals surface area contributed by atoms with Gasteiger partial charge in [-0.1, -0.05) is 39.7 Å². The summed E-state index contributed by atoms with van der Waals surface area (Å²) in [7, 11) is 0. The number of nitrogens with one attached hydrogen (secondary N) is 1. The van der Waals surface area contributed by atoms with E-state index >= 15 is 0 Å². The Labute approximate surface area is 168 Å². The zero-order valence-corrected chi connectivity index (χ0v) is 17.1. The van der Waals surface area contributed by atoms with E-state index in [-0.39, 0.29) is 0 Å². The Morgan fingerprint density at radius 1 is 1.12 bits per heavy atom. The van der Waals surface area contributed by atoms with E-state index in [1.165, 1.54) is 0 Å². The smallest absolute Gasteiger partial charge is 0.124 e. The van der Waals surface area contributed by atoms with E-state index in [1.807, 2.05) is 36.4 Å². The van der Waals surface area contributed by atoms with Crippen LogP contribution in [-0.2, 0) is 17.9 Å². The molecule has 0 aliphatic carbocycles. The molecule has 1 N–H and O–H groups in total. The number of halogens is 2. The van der Waals surface area contributed by atoms with Crippen LogP contribution >= 0.6 is 27.5 Å². The van der Waals surface area contributed by atoms with E-state index in [4.69, 9.17) is 21.1 Å². The van der Waals surface area contributed by atoms with Crippen molar-refractivity contribution >= 4 is 27.5 Å². The molecule has 1 fully saturated rings. The first kappa shape index (κ1) is 19.6. The Bertz CT molecular complexity index is 691. The molecule has 0 radical (unpaired) electrons. The minimum absolute atomic E-state index is 0.527. The Morgan fingerprint density at radius 3 is 2.65 bits per heavy atom. The van der Waals surface area contributed by atoms with Gasteiger partial charge in [0.15, 0.2) is 0 Å². The van der Waals surface area contributed by atoms with E-state index in [0.29, 0.717) is 6.61 Å². The Balaban J connectivity index is 1.50. The van der Waals surface area contributed by atoms with Gasteiger partial charge in [0.25, 0.3) is 0 Å². The van der Waals surface area contributed by atoms with Gasteiger partial charge >= 0.3 is 0 Å². The van der Waals surface area contributed by atoms with Gasteiger partial charge in [-0.2, -0.15) is 0 Å². The standard InChI is InChI=1S/C20H24BrClN2O2/c21-18-3-6-20(26-15-16-1-4-19(22)5-2-16)17(13-18)14-23-7-8-24-9-11-25-12-10-24/h1-6,13,23H,7-12,14-15H2. The second kappa shape index (κ2) is 10.3. The van der Waals surface area contributed by atoms with Crippen molar-refractivity contribution in [3.05, 3.63) is 63.1 Å². The average molecular weight is 440 g/mol. The third kappa shape index (κ3) is 6.25. The normalized spacial score (nSPS) is 15.2. The predicted molar refractivity (Wildman–Crippen MR) is 109 cm³/mol. The number of ether oxygens (including phenoxy) is 2. The number of morpholine rings is 1. The Morgan fingerprint density at radius 2 is 1.88 bits per heavy atom. The SMILES string of the molecule is Clc1ccc(COc2ccc(Br)cc2CNCCN2CCOCC2)cc1. The number of nitrogens with zero attached hydrogens (tertiary/aromatic N) is 1. The molecule has 140 valence electrons. The molecule has 4 nitrogen and oxygen atoms in total. The fourth-order valence-electron chi connectivity index (χ4n) is 2.85. The molecule has 6 heteroatoms. The van der Waals surface area contributed by atoms with Crippen molar-refractivity contribution in [2.75, 3.05) is 39.4 Å². The van der Waals surface area contributed by atoms with Crippen LogP contribution in [0.15, 0.2) is 46.9 Å². The van der Waals surface area contributed by atoms with E-state index in [9.17, 15) is 0 Å². The molecule has 1 heterocycles. The van der Waals surface area contributed by atoms with E-state index < -0.39 is 0 Å². The van der Waals surface area contributed by atoms with Gasteiger partial charge in [-0.05, 0) is 35.9 Å². The molecule has 26 heavy (non-hydrogen) atoms. The number of benzene rings is 2. The lowest BCUT2D eigenvalue weighted by Crippen LogP contribution is -2.40. The fraction of sp³-hybridized carbons (Fsp3) is 0.400. The summed E-state index contributed by atoms with van der Waals surface area (Å²) >= 11 is 9.49. The molecule has 0 unspecified atom stereocenters. The summed E-state index contributed by atoms with van der Waals surface area (Å²) in [6.07, 6.45) is 0. The van der Waals surface area contributed by atoms with Gasteiger partial charge in [0.2, 0.25) is 0 Å². The summed E-state index contributed by atoms with van der Waals surface area (Å²) in [4.78, 5) is 2.43. The molecule has 1 aliphatic rings. The second-order valence-electron chi connectivity index (χ2n) is 6.30. The zero-order chi connectivity index (χ0) is 18.2. The van der Waals surface area contributed by atoms with Crippen LogP contribution in [-0.4, -0.2) is 44.3 Å². The first-order valence-corrected chi connectivity index (χ1v) is 10.0. The number of hydrogen-bond donors (Lipinski definition) is 1. The average Bonchev–Trinajstić information content (AvgIpc) is 2.67. The zero-order valence-electron chi connectivity index (χ0n) is 14.7. The molecule has 2 aromatic carbocycles. The minimum atomic E-state index is 0.527. The molecular formula is C20H24BrClN2O2. The fourth-order valence-corrected chi connectivity index (χ4v) is 3.39. The molecule has 3 rings (SSSR count). The first-order chi connectivity index (χ1) is 12.7. The lowest BCUT2D eigenvalue weighted by Gasteiger charge is -2.26. The summed E-state index contributed by atoms with van der Waals surface area (Å²) in [6, 6.07) is 13.9. The maximum atomic E-state index is 6.03. The lowest BCUT2D eigenvalue weighted by atomic mass is 10.2. The topological polar surface area (TPSA) is 33.7 Å². The van der Waals surface area contributed by atoms with Gasteiger partial charge in [0.1, 0.15) is 12.4 Å². The third-order valence-electron chi connectivity index (χ3n) is 4.35. The summed E-state index contributed by atoms with van der Waals surface area (Å²) in [5.41, 5.74) is 2.25. The third-order valence-corrected chi connectivity index (χ3v) is 5.10. The molecule has 0 bridgehead atoms. The van der Waals surface area contributed by atoms with Crippen LogP contribution in [0.25, 0.3) is 0 Å². The highest BCUT2D eigenvalue weighted by molar-refractivity contribution is 9.10. The number of rotatable bonds is 8. The molecule has 0 atom stereocenters. The van der Waals surface area contributed by atoms with Crippen molar-refractivity contribution in [3.8, 4) is 5.75 Å².